The van der Waals surface area contributed by atoms with Gasteiger partial charge < -0.3 is 4.90 Å². The summed E-state index contributed by atoms with van der Waals surface area (Å²) in [7, 11) is 0. The van der Waals surface area contributed by atoms with E-state index in [1.807, 2.05) is 29.2 Å². The minimum absolute atomic E-state index is 0.0370. The van der Waals surface area contributed by atoms with E-state index in [-0.39, 0.29) is 11.7 Å². The molecule has 2 aromatic rings. The standard InChI is InChI=1S/C16H13FN2O/c17-12-7-5-11(6-8-12)16-14-4-2-1-3-13(14)15(20)19(16)10-9-18-16/h1-8,18H,9-10H2/t16-/m0/s1. The molecule has 3 nitrogen and oxygen atoms in total. The molecule has 20 heavy (non-hydrogen) atoms. The van der Waals surface area contributed by atoms with Gasteiger partial charge in [-0.1, -0.05) is 30.3 Å². The molecule has 2 aliphatic heterocycles. The number of benzene rings is 2. The number of carbonyl (C=O) groups excluding carboxylic acids is 1. The molecule has 2 aromatic carbocycles. The zero-order chi connectivity index (χ0) is 13.7. The van der Waals surface area contributed by atoms with Crippen molar-refractivity contribution in [3.05, 3.63) is 71.0 Å². The second-order valence-electron chi connectivity index (χ2n) is 5.15. The third-order valence-corrected chi connectivity index (χ3v) is 4.18. The number of rotatable bonds is 1. The molecule has 2 heterocycles. The fourth-order valence-electron chi connectivity index (χ4n) is 3.34. The maximum absolute atomic E-state index is 13.2. The quantitative estimate of drug-likeness (QED) is 0.859. The van der Waals surface area contributed by atoms with Crippen molar-refractivity contribution in [1.29, 1.82) is 0 Å². The molecule has 4 rings (SSSR count). The third kappa shape index (κ3) is 1.29. The van der Waals surface area contributed by atoms with Crippen molar-refractivity contribution >= 4 is 5.91 Å². The zero-order valence-corrected chi connectivity index (χ0v) is 10.8. The van der Waals surface area contributed by atoms with Gasteiger partial charge in [-0.2, -0.15) is 0 Å². The predicted octanol–water partition coefficient (Wildman–Crippen LogP) is 2.09. The van der Waals surface area contributed by atoms with Gasteiger partial charge in [-0.15, -0.1) is 0 Å². The molecule has 0 unspecified atom stereocenters. The van der Waals surface area contributed by atoms with Gasteiger partial charge in [0.25, 0.3) is 5.91 Å². The Morgan fingerprint density at radius 1 is 1.10 bits per heavy atom. The van der Waals surface area contributed by atoms with E-state index in [4.69, 9.17) is 0 Å². The highest BCUT2D eigenvalue weighted by molar-refractivity contribution is 6.01. The van der Waals surface area contributed by atoms with Crippen molar-refractivity contribution in [2.45, 2.75) is 5.66 Å². The highest BCUT2D eigenvalue weighted by Crippen LogP contribution is 2.44. The van der Waals surface area contributed by atoms with Gasteiger partial charge in [-0.05, 0) is 23.8 Å². The smallest absolute Gasteiger partial charge is 0.256 e. The number of amides is 1. The van der Waals surface area contributed by atoms with Gasteiger partial charge in [0, 0.05) is 24.2 Å². The number of carbonyl (C=O) groups is 1. The molecular weight excluding hydrogens is 255 g/mol. The van der Waals surface area contributed by atoms with Crippen LogP contribution in [0.3, 0.4) is 0 Å². The van der Waals surface area contributed by atoms with E-state index >= 15 is 0 Å². The fourth-order valence-corrected chi connectivity index (χ4v) is 3.34. The first-order chi connectivity index (χ1) is 9.73. The maximum Gasteiger partial charge on any atom is 0.256 e. The molecule has 0 saturated carbocycles. The molecule has 0 bridgehead atoms. The van der Waals surface area contributed by atoms with Crippen LogP contribution in [0.1, 0.15) is 21.5 Å². The van der Waals surface area contributed by atoms with E-state index < -0.39 is 5.66 Å². The molecule has 0 aromatic heterocycles. The Morgan fingerprint density at radius 3 is 2.65 bits per heavy atom. The predicted molar refractivity (Wildman–Crippen MR) is 72.7 cm³/mol. The van der Waals surface area contributed by atoms with E-state index in [1.165, 1.54) is 12.1 Å². The van der Waals surface area contributed by atoms with Crippen LogP contribution < -0.4 is 5.32 Å². The van der Waals surface area contributed by atoms with Crippen molar-refractivity contribution in [1.82, 2.24) is 10.2 Å². The molecule has 0 radical (unpaired) electrons. The van der Waals surface area contributed by atoms with Crippen LogP contribution in [-0.2, 0) is 5.66 Å². The molecule has 4 heteroatoms. The van der Waals surface area contributed by atoms with Gasteiger partial charge in [-0.3, -0.25) is 10.1 Å². The topological polar surface area (TPSA) is 32.3 Å². The minimum atomic E-state index is -0.638. The first kappa shape index (κ1) is 11.6. The largest absolute Gasteiger partial charge is 0.311 e. The second kappa shape index (κ2) is 3.90. The lowest BCUT2D eigenvalue weighted by atomic mass is 9.91. The summed E-state index contributed by atoms with van der Waals surface area (Å²) in [6, 6.07) is 14.0. The average molecular weight is 268 g/mol. The van der Waals surface area contributed by atoms with Crippen molar-refractivity contribution in [3.63, 3.8) is 0 Å². The molecular formula is C16H13FN2O. The summed E-state index contributed by atoms with van der Waals surface area (Å²) >= 11 is 0. The van der Waals surface area contributed by atoms with Crippen LogP contribution >= 0.6 is 0 Å². The Labute approximate surface area is 116 Å². The SMILES string of the molecule is O=C1c2ccccc2[C@@]2(c3ccc(F)cc3)NCCN12. The number of fused-ring (bicyclic) bond motifs is 3. The first-order valence-electron chi connectivity index (χ1n) is 6.66. The van der Waals surface area contributed by atoms with Crippen LogP contribution in [0.15, 0.2) is 48.5 Å². The Hall–Kier alpha value is -2.20. The second-order valence-corrected chi connectivity index (χ2v) is 5.15. The molecule has 1 amide bonds. The van der Waals surface area contributed by atoms with E-state index in [0.29, 0.717) is 6.54 Å². The van der Waals surface area contributed by atoms with Crippen molar-refractivity contribution < 1.29 is 9.18 Å². The number of hydrogen-bond acceptors (Lipinski definition) is 2. The van der Waals surface area contributed by atoms with Gasteiger partial charge in [-0.25, -0.2) is 4.39 Å². The number of hydrogen-bond donors (Lipinski definition) is 1. The van der Waals surface area contributed by atoms with Crippen LogP contribution in [-0.4, -0.2) is 23.9 Å². The molecule has 1 N–H and O–H groups in total. The first-order valence-corrected chi connectivity index (χ1v) is 6.66. The summed E-state index contributed by atoms with van der Waals surface area (Å²) in [4.78, 5) is 14.4. The van der Waals surface area contributed by atoms with E-state index in [2.05, 4.69) is 5.32 Å². The highest BCUT2D eigenvalue weighted by Gasteiger charge is 2.53. The van der Waals surface area contributed by atoms with Crippen LogP contribution in [0.5, 0.6) is 0 Å². The number of nitrogens with zero attached hydrogens (tertiary/aromatic N) is 1. The monoisotopic (exact) mass is 268 g/mol. The number of halogens is 1. The van der Waals surface area contributed by atoms with Gasteiger partial charge >= 0.3 is 0 Å². The summed E-state index contributed by atoms with van der Waals surface area (Å²) in [6.45, 7) is 1.39. The van der Waals surface area contributed by atoms with Gasteiger partial charge in [0.1, 0.15) is 11.5 Å². The molecule has 2 aliphatic rings. The Balaban J connectivity index is 1.99. The maximum atomic E-state index is 13.2. The molecule has 0 spiro atoms. The Kier molecular flexibility index (Phi) is 2.26. The van der Waals surface area contributed by atoms with Crippen LogP contribution in [0, 0.1) is 5.82 Å². The summed E-state index contributed by atoms with van der Waals surface area (Å²) in [5.74, 6) is -0.234. The minimum Gasteiger partial charge on any atom is -0.311 e. The summed E-state index contributed by atoms with van der Waals surface area (Å²) in [5.41, 5.74) is 1.94. The lowest BCUT2D eigenvalue weighted by molar-refractivity contribution is 0.0694. The fraction of sp³-hybridized carbons (Fsp3) is 0.188. The summed E-state index contributed by atoms with van der Waals surface area (Å²) in [6.07, 6.45) is 0. The highest BCUT2D eigenvalue weighted by atomic mass is 19.1. The van der Waals surface area contributed by atoms with Gasteiger partial charge in [0.15, 0.2) is 0 Å². The van der Waals surface area contributed by atoms with E-state index in [9.17, 15) is 9.18 Å². The molecule has 0 aliphatic carbocycles. The van der Waals surface area contributed by atoms with Crippen LogP contribution in [0.25, 0.3) is 0 Å². The molecule has 1 saturated heterocycles. The van der Waals surface area contributed by atoms with Crippen LogP contribution in [0.2, 0.25) is 0 Å². The third-order valence-electron chi connectivity index (χ3n) is 4.18. The van der Waals surface area contributed by atoms with E-state index in [1.54, 1.807) is 12.1 Å². The summed E-state index contributed by atoms with van der Waals surface area (Å²) in [5, 5.41) is 3.44. The Morgan fingerprint density at radius 2 is 1.85 bits per heavy atom. The zero-order valence-electron chi connectivity index (χ0n) is 10.8. The molecule has 100 valence electrons. The lowest BCUT2D eigenvalue weighted by Crippen LogP contribution is -2.46. The molecule has 1 fully saturated rings. The molecule has 1 atom stereocenters. The van der Waals surface area contributed by atoms with Crippen LogP contribution in [0.4, 0.5) is 4.39 Å². The lowest BCUT2D eigenvalue weighted by Gasteiger charge is -2.33. The van der Waals surface area contributed by atoms with Crippen molar-refractivity contribution in [2.75, 3.05) is 13.1 Å². The average Bonchev–Trinajstić information content (AvgIpc) is 3.01. The van der Waals surface area contributed by atoms with Crippen molar-refractivity contribution in [3.8, 4) is 0 Å². The number of nitrogens with one attached hydrogen (secondary N) is 1. The normalized spacial score (nSPS) is 23.9. The van der Waals surface area contributed by atoms with Gasteiger partial charge in [0.2, 0.25) is 0 Å². The van der Waals surface area contributed by atoms with E-state index in [0.717, 1.165) is 23.2 Å². The van der Waals surface area contributed by atoms with Crippen molar-refractivity contribution in [2.24, 2.45) is 0 Å². The Bertz CT molecular complexity index is 698. The van der Waals surface area contributed by atoms with Gasteiger partial charge in [0.05, 0.1) is 0 Å². The summed E-state index contributed by atoms with van der Waals surface area (Å²) < 4.78 is 13.2.